The number of benzene rings is 3. The van der Waals surface area contributed by atoms with Gasteiger partial charge in [0.1, 0.15) is 0 Å². The Labute approximate surface area is 157 Å². The predicted octanol–water partition coefficient (Wildman–Crippen LogP) is 3.86. The first-order valence-corrected chi connectivity index (χ1v) is 8.85. The molecule has 1 aliphatic rings. The second-order valence-corrected chi connectivity index (χ2v) is 6.83. The van der Waals surface area contributed by atoms with E-state index in [9.17, 15) is 9.59 Å². The second-order valence-electron chi connectivity index (χ2n) is 6.83. The van der Waals surface area contributed by atoms with Crippen molar-refractivity contribution in [2.45, 2.75) is 12.3 Å². The molecule has 0 amide bonds. The Morgan fingerprint density at radius 3 is 2.15 bits per heavy atom. The number of methoxy groups -OCH3 is 2. The van der Waals surface area contributed by atoms with Crippen LogP contribution in [0.1, 0.15) is 22.6 Å². The number of rotatable bonds is 3. The van der Waals surface area contributed by atoms with Crippen LogP contribution >= 0.6 is 0 Å². The molecule has 1 atom stereocenters. The van der Waals surface area contributed by atoms with Crippen LogP contribution in [0, 0.1) is 5.41 Å². The van der Waals surface area contributed by atoms with E-state index in [0.717, 1.165) is 27.5 Å². The zero-order valence-corrected chi connectivity index (χ0v) is 15.3. The molecule has 0 saturated carbocycles. The molecule has 0 N–H and O–H groups in total. The molecule has 0 fully saturated rings. The highest BCUT2D eigenvalue weighted by atomic mass is 16.5. The third kappa shape index (κ3) is 2.44. The fourth-order valence-corrected chi connectivity index (χ4v) is 4.41. The van der Waals surface area contributed by atoms with Crippen molar-refractivity contribution in [2.24, 2.45) is 5.41 Å². The minimum absolute atomic E-state index is 0.260. The van der Waals surface area contributed by atoms with Gasteiger partial charge in [-0.3, -0.25) is 9.59 Å². The number of carbonyl (C=O) groups is 2. The molecule has 0 heterocycles. The van der Waals surface area contributed by atoms with E-state index in [1.165, 1.54) is 14.2 Å². The summed E-state index contributed by atoms with van der Waals surface area (Å²) in [5, 5.41) is 2.07. The lowest BCUT2D eigenvalue weighted by Crippen LogP contribution is -2.45. The minimum atomic E-state index is -1.43. The third-order valence-corrected chi connectivity index (χ3v) is 5.56. The average Bonchev–Trinajstić information content (AvgIpc) is 3.08. The maximum absolute atomic E-state index is 13.0. The molecule has 0 spiro atoms. The zero-order chi connectivity index (χ0) is 19.0. The normalized spacial score (nSPS) is 17.3. The van der Waals surface area contributed by atoms with Crippen LogP contribution in [0.2, 0.25) is 0 Å². The highest BCUT2D eigenvalue weighted by molar-refractivity contribution is 6.04. The van der Waals surface area contributed by atoms with E-state index in [4.69, 9.17) is 9.47 Å². The van der Waals surface area contributed by atoms with Gasteiger partial charge in [0, 0.05) is 12.3 Å². The molecular formula is C23H20O4. The molecule has 0 aliphatic heterocycles. The van der Waals surface area contributed by atoms with Crippen LogP contribution in [-0.4, -0.2) is 26.2 Å². The van der Waals surface area contributed by atoms with Crippen molar-refractivity contribution in [1.82, 2.24) is 0 Å². The molecule has 1 unspecified atom stereocenters. The molecule has 0 bridgehead atoms. The lowest BCUT2D eigenvalue weighted by Gasteiger charge is -2.31. The van der Waals surface area contributed by atoms with Crippen molar-refractivity contribution >= 4 is 22.7 Å². The molecule has 4 heteroatoms. The molecule has 0 radical (unpaired) electrons. The second kappa shape index (κ2) is 6.54. The molecule has 0 saturated heterocycles. The lowest BCUT2D eigenvalue weighted by atomic mass is 9.71. The summed E-state index contributed by atoms with van der Waals surface area (Å²) < 4.78 is 10.2. The summed E-state index contributed by atoms with van der Waals surface area (Å²) in [6.07, 6.45) is 0.260. The smallest absolute Gasteiger partial charge is 0.324 e. The predicted molar refractivity (Wildman–Crippen MR) is 102 cm³/mol. The van der Waals surface area contributed by atoms with Gasteiger partial charge in [-0.25, -0.2) is 0 Å². The van der Waals surface area contributed by atoms with Gasteiger partial charge in [-0.1, -0.05) is 66.7 Å². The molecular weight excluding hydrogens is 340 g/mol. The largest absolute Gasteiger partial charge is 0.468 e. The fourth-order valence-electron chi connectivity index (χ4n) is 4.41. The number of esters is 2. The Bertz CT molecular complexity index is 1020. The van der Waals surface area contributed by atoms with Gasteiger partial charge in [0.05, 0.1) is 14.2 Å². The monoisotopic (exact) mass is 360 g/mol. The van der Waals surface area contributed by atoms with Crippen LogP contribution in [0.4, 0.5) is 0 Å². The molecule has 27 heavy (non-hydrogen) atoms. The zero-order valence-electron chi connectivity index (χ0n) is 15.3. The average molecular weight is 360 g/mol. The fraction of sp³-hybridized carbons (Fsp3) is 0.217. The van der Waals surface area contributed by atoms with Crippen molar-refractivity contribution in [3.63, 3.8) is 0 Å². The number of ether oxygens (including phenoxy) is 2. The number of fused-ring (bicyclic) bond motifs is 2. The molecule has 4 nitrogen and oxygen atoms in total. The highest BCUT2D eigenvalue weighted by Crippen LogP contribution is 2.53. The molecule has 4 rings (SSSR count). The summed E-state index contributed by atoms with van der Waals surface area (Å²) in [4.78, 5) is 26.0. The van der Waals surface area contributed by atoms with E-state index in [1.807, 2.05) is 66.7 Å². The summed E-state index contributed by atoms with van der Waals surface area (Å²) in [7, 11) is 2.63. The SMILES string of the molecule is COC(=O)C1(C(=O)OC)Cc2ccccc2C1c1cccc2ccccc12. The van der Waals surface area contributed by atoms with Crippen LogP contribution in [0.3, 0.4) is 0 Å². The van der Waals surface area contributed by atoms with Crippen LogP contribution in [0.5, 0.6) is 0 Å². The Morgan fingerprint density at radius 1 is 0.815 bits per heavy atom. The van der Waals surface area contributed by atoms with Crippen molar-refractivity contribution < 1.29 is 19.1 Å². The van der Waals surface area contributed by atoms with Gasteiger partial charge in [0.15, 0.2) is 5.41 Å². The van der Waals surface area contributed by atoms with Gasteiger partial charge in [0.25, 0.3) is 0 Å². The van der Waals surface area contributed by atoms with Crippen molar-refractivity contribution in [3.8, 4) is 0 Å². The summed E-state index contributed by atoms with van der Waals surface area (Å²) in [5.74, 6) is -1.60. The van der Waals surface area contributed by atoms with Crippen LogP contribution < -0.4 is 0 Å². The summed E-state index contributed by atoms with van der Waals surface area (Å²) in [5.41, 5.74) is 1.42. The van der Waals surface area contributed by atoms with Crippen molar-refractivity contribution in [1.29, 1.82) is 0 Å². The molecule has 0 aromatic heterocycles. The summed E-state index contributed by atoms with van der Waals surface area (Å²) in [6, 6.07) is 21.7. The first-order chi connectivity index (χ1) is 13.1. The van der Waals surface area contributed by atoms with Crippen LogP contribution in [-0.2, 0) is 25.5 Å². The van der Waals surface area contributed by atoms with E-state index in [2.05, 4.69) is 0 Å². The number of carbonyl (C=O) groups excluding carboxylic acids is 2. The van der Waals surface area contributed by atoms with Crippen LogP contribution in [0.25, 0.3) is 10.8 Å². The van der Waals surface area contributed by atoms with Crippen molar-refractivity contribution in [3.05, 3.63) is 83.4 Å². The standard InChI is InChI=1S/C23H20O4/c1-26-21(24)23(22(25)27-2)14-16-9-4-6-12-18(16)20(23)19-13-7-10-15-8-3-5-11-17(15)19/h3-13,20H,14H2,1-2H3. The van der Waals surface area contributed by atoms with E-state index in [0.29, 0.717) is 0 Å². The van der Waals surface area contributed by atoms with E-state index in [1.54, 1.807) is 0 Å². The van der Waals surface area contributed by atoms with E-state index >= 15 is 0 Å². The van der Waals surface area contributed by atoms with Gasteiger partial charge >= 0.3 is 11.9 Å². The molecule has 3 aromatic rings. The Kier molecular flexibility index (Phi) is 4.19. The summed E-state index contributed by atoms with van der Waals surface area (Å²) in [6.45, 7) is 0. The Morgan fingerprint density at radius 2 is 1.41 bits per heavy atom. The minimum Gasteiger partial charge on any atom is -0.468 e. The van der Waals surface area contributed by atoms with E-state index < -0.39 is 23.3 Å². The van der Waals surface area contributed by atoms with E-state index in [-0.39, 0.29) is 6.42 Å². The quantitative estimate of drug-likeness (QED) is 0.526. The van der Waals surface area contributed by atoms with Gasteiger partial charge in [-0.2, -0.15) is 0 Å². The van der Waals surface area contributed by atoms with Gasteiger partial charge in [0.2, 0.25) is 0 Å². The maximum Gasteiger partial charge on any atom is 0.324 e. The lowest BCUT2D eigenvalue weighted by molar-refractivity contribution is -0.169. The Balaban J connectivity index is 2.06. The summed E-state index contributed by atoms with van der Waals surface area (Å²) >= 11 is 0. The van der Waals surface area contributed by atoms with Crippen molar-refractivity contribution in [2.75, 3.05) is 14.2 Å². The van der Waals surface area contributed by atoms with Gasteiger partial charge in [-0.15, -0.1) is 0 Å². The number of hydrogen-bond acceptors (Lipinski definition) is 4. The molecule has 136 valence electrons. The van der Waals surface area contributed by atoms with Crippen LogP contribution in [0.15, 0.2) is 66.7 Å². The first-order valence-electron chi connectivity index (χ1n) is 8.85. The number of hydrogen-bond donors (Lipinski definition) is 0. The third-order valence-electron chi connectivity index (χ3n) is 5.56. The molecule has 1 aliphatic carbocycles. The molecule has 3 aromatic carbocycles. The highest BCUT2D eigenvalue weighted by Gasteiger charge is 2.60. The maximum atomic E-state index is 13.0. The first kappa shape index (κ1) is 17.3. The Hall–Kier alpha value is -3.14. The topological polar surface area (TPSA) is 52.6 Å². The van der Waals surface area contributed by atoms with Gasteiger partial charge < -0.3 is 9.47 Å². The van der Waals surface area contributed by atoms with Gasteiger partial charge in [-0.05, 0) is 27.5 Å².